The van der Waals surface area contributed by atoms with Crippen molar-refractivity contribution in [1.82, 2.24) is 10.6 Å². The van der Waals surface area contributed by atoms with Gasteiger partial charge >= 0.3 is 0 Å². The molecule has 0 aromatic heterocycles. The van der Waals surface area contributed by atoms with E-state index in [0.717, 1.165) is 10.0 Å². The van der Waals surface area contributed by atoms with E-state index in [0.29, 0.717) is 12.1 Å². The van der Waals surface area contributed by atoms with Crippen molar-refractivity contribution in [3.8, 4) is 0 Å². The van der Waals surface area contributed by atoms with Crippen molar-refractivity contribution in [2.24, 2.45) is 0 Å². The van der Waals surface area contributed by atoms with E-state index in [9.17, 15) is 14.4 Å². The summed E-state index contributed by atoms with van der Waals surface area (Å²) in [4.78, 5) is 34.1. The van der Waals surface area contributed by atoms with E-state index in [2.05, 4.69) is 31.9 Å². The number of hydrogen-bond donors (Lipinski definition) is 3. The Morgan fingerprint density at radius 2 is 1.67 bits per heavy atom. The van der Waals surface area contributed by atoms with Crippen LogP contribution in [0.2, 0.25) is 0 Å². The van der Waals surface area contributed by atoms with Gasteiger partial charge in [0.25, 0.3) is 0 Å². The zero-order chi connectivity index (χ0) is 15.8. The summed E-state index contributed by atoms with van der Waals surface area (Å²) in [6.07, 6.45) is 0.316. The smallest absolute Gasteiger partial charge is 0.243 e. The fourth-order valence-electron chi connectivity index (χ4n) is 1.47. The molecule has 0 atom stereocenters. The maximum Gasteiger partial charge on any atom is 0.243 e. The third-order valence-corrected chi connectivity index (χ3v) is 3.54. The van der Waals surface area contributed by atoms with Crippen LogP contribution in [0.3, 0.4) is 0 Å². The topological polar surface area (TPSA) is 87.3 Å². The van der Waals surface area contributed by atoms with Gasteiger partial charge in [0.1, 0.15) is 0 Å². The van der Waals surface area contributed by atoms with Crippen molar-refractivity contribution in [1.29, 1.82) is 0 Å². The third kappa shape index (κ3) is 6.40. The molecule has 0 bridgehead atoms. The Labute approximate surface area is 131 Å². The molecule has 3 amide bonds. The van der Waals surface area contributed by atoms with Gasteiger partial charge in [0.05, 0.1) is 13.1 Å². The first-order valence-electron chi connectivity index (χ1n) is 6.51. The third-order valence-electron chi connectivity index (χ3n) is 2.66. The van der Waals surface area contributed by atoms with Crippen LogP contribution in [-0.2, 0) is 14.4 Å². The summed E-state index contributed by atoms with van der Waals surface area (Å²) in [5.41, 5.74) is 1.66. The zero-order valence-corrected chi connectivity index (χ0v) is 13.5. The normalized spacial score (nSPS) is 9.86. The highest BCUT2D eigenvalue weighted by Crippen LogP contribution is 2.19. The standard InChI is InChI=1S/C14H18BrN3O3/c1-3-12(19)16-7-13(20)17-8-14(21)18-10-4-5-11(15)9(2)6-10/h4-6H,3,7-8H2,1-2H3,(H,16,19)(H,17,20)(H,18,21). The largest absolute Gasteiger partial charge is 0.347 e. The SMILES string of the molecule is CCC(=O)NCC(=O)NCC(=O)Nc1ccc(Br)c(C)c1. The number of nitrogens with one attached hydrogen (secondary N) is 3. The van der Waals surface area contributed by atoms with Crippen LogP contribution in [0.15, 0.2) is 22.7 Å². The first-order valence-corrected chi connectivity index (χ1v) is 7.31. The number of carbonyl (C=O) groups excluding carboxylic acids is 3. The van der Waals surface area contributed by atoms with Crippen LogP contribution < -0.4 is 16.0 Å². The summed E-state index contributed by atoms with van der Waals surface area (Å²) in [5, 5.41) is 7.54. The van der Waals surface area contributed by atoms with Crippen molar-refractivity contribution in [3.63, 3.8) is 0 Å². The predicted octanol–water partition coefficient (Wildman–Crippen LogP) is 1.34. The molecule has 0 aliphatic carbocycles. The monoisotopic (exact) mass is 355 g/mol. The van der Waals surface area contributed by atoms with Crippen molar-refractivity contribution >= 4 is 39.3 Å². The molecule has 0 radical (unpaired) electrons. The number of carbonyl (C=O) groups is 3. The second-order valence-electron chi connectivity index (χ2n) is 4.42. The maximum atomic E-state index is 11.7. The molecule has 7 heteroatoms. The van der Waals surface area contributed by atoms with E-state index in [4.69, 9.17) is 0 Å². The van der Waals surface area contributed by atoms with Gasteiger partial charge in [-0.2, -0.15) is 0 Å². The molecule has 0 unspecified atom stereocenters. The molecule has 0 spiro atoms. The molecule has 0 saturated carbocycles. The van der Waals surface area contributed by atoms with Crippen LogP contribution in [-0.4, -0.2) is 30.8 Å². The molecule has 3 N–H and O–H groups in total. The lowest BCUT2D eigenvalue weighted by molar-refractivity contribution is -0.126. The number of rotatable bonds is 6. The van der Waals surface area contributed by atoms with Gasteiger partial charge in [-0.15, -0.1) is 0 Å². The minimum Gasteiger partial charge on any atom is -0.347 e. The van der Waals surface area contributed by atoms with Crippen LogP contribution in [0, 0.1) is 6.92 Å². The molecule has 1 aromatic rings. The van der Waals surface area contributed by atoms with Crippen LogP contribution in [0.5, 0.6) is 0 Å². The van der Waals surface area contributed by atoms with Crippen LogP contribution >= 0.6 is 15.9 Å². The van der Waals surface area contributed by atoms with Crippen molar-refractivity contribution in [3.05, 3.63) is 28.2 Å². The highest BCUT2D eigenvalue weighted by Gasteiger charge is 2.07. The van der Waals surface area contributed by atoms with Crippen LogP contribution in [0.25, 0.3) is 0 Å². The fourth-order valence-corrected chi connectivity index (χ4v) is 1.72. The first-order chi connectivity index (χ1) is 9.92. The first kappa shape index (κ1) is 17.2. The van der Waals surface area contributed by atoms with Gasteiger partial charge in [-0.1, -0.05) is 22.9 Å². The van der Waals surface area contributed by atoms with E-state index >= 15 is 0 Å². The number of anilines is 1. The summed E-state index contributed by atoms with van der Waals surface area (Å²) < 4.78 is 0.959. The Bertz CT molecular complexity index is 546. The van der Waals surface area contributed by atoms with Gasteiger partial charge in [0.15, 0.2) is 0 Å². The van der Waals surface area contributed by atoms with E-state index in [1.54, 1.807) is 13.0 Å². The second kappa shape index (κ2) is 8.41. The number of halogens is 1. The number of amides is 3. The summed E-state index contributed by atoms with van der Waals surface area (Å²) in [5.74, 6) is -0.939. The number of aryl methyl sites for hydroxylation is 1. The highest BCUT2D eigenvalue weighted by atomic mass is 79.9. The maximum absolute atomic E-state index is 11.7. The quantitative estimate of drug-likeness (QED) is 0.719. The molecule has 1 rings (SSSR count). The van der Waals surface area contributed by atoms with Crippen molar-refractivity contribution in [2.75, 3.05) is 18.4 Å². The van der Waals surface area contributed by atoms with E-state index in [1.807, 2.05) is 19.1 Å². The molecular weight excluding hydrogens is 338 g/mol. The molecular formula is C14H18BrN3O3. The Balaban J connectivity index is 2.35. The lowest BCUT2D eigenvalue weighted by atomic mass is 10.2. The molecule has 0 fully saturated rings. The molecule has 0 heterocycles. The molecule has 6 nitrogen and oxygen atoms in total. The highest BCUT2D eigenvalue weighted by molar-refractivity contribution is 9.10. The van der Waals surface area contributed by atoms with E-state index in [-0.39, 0.29) is 24.9 Å². The molecule has 1 aromatic carbocycles. The summed E-state index contributed by atoms with van der Waals surface area (Å²) >= 11 is 3.38. The summed E-state index contributed by atoms with van der Waals surface area (Å²) in [6.45, 7) is 3.34. The average Bonchev–Trinajstić information content (AvgIpc) is 2.46. The summed E-state index contributed by atoms with van der Waals surface area (Å²) in [7, 11) is 0. The van der Waals surface area contributed by atoms with Gasteiger partial charge < -0.3 is 16.0 Å². The Kier molecular flexibility index (Phi) is 6.87. The van der Waals surface area contributed by atoms with Gasteiger partial charge in [-0.25, -0.2) is 0 Å². The van der Waals surface area contributed by atoms with Gasteiger partial charge in [0, 0.05) is 16.6 Å². The van der Waals surface area contributed by atoms with E-state index in [1.165, 1.54) is 0 Å². The minimum absolute atomic E-state index is 0.128. The predicted molar refractivity (Wildman–Crippen MR) is 83.8 cm³/mol. The average molecular weight is 356 g/mol. The second-order valence-corrected chi connectivity index (χ2v) is 5.27. The molecule has 0 aliphatic rings. The van der Waals surface area contributed by atoms with Crippen LogP contribution in [0.4, 0.5) is 5.69 Å². The molecule has 21 heavy (non-hydrogen) atoms. The van der Waals surface area contributed by atoms with Gasteiger partial charge in [0.2, 0.25) is 17.7 Å². The molecule has 0 aliphatic heterocycles. The lowest BCUT2D eigenvalue weighted by Gasteiger charge is -2.08. The number of benzene rings is 1. The molecule has 114 valence electrons. The fraction of sp³-hybridized carbons (Fsp3) is 0.357. The van der Waals surface area contributed by atoms with Gasteiger partial charge in [-0.3, -0.25) is 14.4 Å². The Hall–Kier alpha value is -1.89. The Morgan fingerprint density at radius 3 is 2.29 bits per heavy atom. The molecule has 0 saturated heterocycles. The zero-order valence-electron chi connectivity index (χ0n) is 12.0. The van der Waals surface area contributed by atoms with Crippen molar-refractivity contribution in [2.45, 2.75) is 20.3 Å². The minimum atomic E-state index is -0.404. The van der Waals surface area contributed by atoms with Gasteiger partial charge in [-0.05, 0) is 30.7 Å². The summed E-state index contributed by atoms with van der Waals surface area (Å²) in [6, 6.07) is 5.42. The van der Waals surface area contributed by atoms with Crippen LogP contribution in [0.1, 0.15) is 18.9 Å². The Morgan fingerprint density at radius 1 is 1.05 bits per heavy atom. The lowest BCUT2D eigenvalue weighted by Crippen LogP contribution is -2.40. The van der Waals surface area contributed by atoms with Crippen molar-refractivity contribution < 1.29 is 14.4 Å². The van der Waals surface area contributed by atoms with E-state index < -0.39 is 5.91 Å². The number of hydrogen-bond acceptors (Lipinski definition) is 3.